The molecule has 2 aromatic heterocycles. The highest BCUT2D eigenvalue weighted by Crippen LogP contribution is 2.30. The fraction of sp³-hybridized carbons (Fsp3) is 0.389. The molecule has 0 radical (unpaired) electrons. The molecule has 3 rings (SSSR count). The molecule has 0 unspecified atom stereocenters. The highest BCUT2D eigenvalue weighted by atomic mass is 19.4. The summed E-state index contributed by atoms with van der Waals surface area (Å²) in [6.45, 7) is 1.56. The highest BCUT2D eigenvalue weighted by molar-refractivity contribution is 5.78. The van der Waals surface area contributed by atoms with Crippen molar-refractivity contribution in [2.75, 3.05) is 18.0 Å². The van der Waals surface area contributed by atoms with Gasteiger partial charge in [-0.05, 0) is 37.1 Å². The van der Waals surface area contributed by atoms with Gasteiger partial charge in [-0.1, -0.05) is 6.07 Å². The number of amides is 1. The predicted molar refractivity (Wildman–Crippen MR) is 90.3 cm³/mol. The SMILES string of the molecule is O=C(NCc1ccccn1)C1CCN(c2ccc(C(F)(F)F)cn2)CC1. The van der Waals surface area contributed by atoms with E-state index >= 15 is 0 Å². The minimum atomic E-state index is -4.38. The van der Waals surface area contributed by atoms with E-state index in [1.165, 1.54) is 6.07 Å². The summed E-state index contributed by atoms with van der Waals surface area (Å²) in [5.41, 5.74) is 0.0391. The standard InChI is InChI=1S/C18H19F3N4O/c19-18(20,21)14-4-5-16(23-11-14)25-9-6-13(7-10-25)17(26)24-12-15-3-1-2-8-22-15/h1-5,8,11,13H,6-7,9-10,12H2,(H,24,26). The fourth-order valence-corrected chi connectivity index (χ4v) is 2.94. The smallest absolute Gasteiger partial charge is 0.357 e. The Labute approximate surface area is 149 Å². The molecular weight excluding hydrogens is 345 g/mol. The molecule has 1 aliphatic heterocycles. The van der Waals surface area contributed by atoms with E-state index in [-0.39, 0.29) is 11.8 Å². The normalized spacial score (nSPS) is 15.7. The predicted octanol–water partition coefficient (Wildman–Crippen LogP) is 3.03. The third kappa shape index (κ3) is 4.50. The molecule has 0 aromatic carbocycles. The van der Waals surface area contributed by atoms with Crippen LogP contribution in [0.1, 0.15) is 24.1 Å². The summed E-state index contributed by atoms with van der Waals surface area (Å²) >= 11 is 0. The Bertz CT molecular complexity index is 726. The van der Waals surface area contributed by atoms with Crippen LogP contribution in [0.5, 0.6) is 0 Å². The molecule has 138 valence electrons. The highest BCUT2D eigenvalue weighted by Gasteiger charge is 2.31. The number of hydrogen-bond acceptors (Lipinski definition) is 4. The number of rotatable bonds is 4. The minimum absolute atomic E-state index is 0.0179. The van der Waals surface area contributed by atoms with Crippen molar-refractivity contribution >= 4 is 11.7 Å². The third-order valence-corrected chi connectivity index (χ3v) is 4.43. The van der Waals surface area contributed by atoms with Crippen molar-refractivity contribution in [2.24, 2.45) is 5.92 Å². The zero-order valence-electron chi connectivity index (χ0n) is 14.0. The lowest BCUT2D eigenvalue weighted by Gasteiger charge is -2.32. The van der Waals surface area contributed by atoms with Gasteiger partial charge in [0.1, 0.15) is 5.82 Å². The lowest BCUT2D eigenvalue weighted by Crippen LogP contribution is -2.40. The quantitative estimate of drug-likeness (QED) is 0.906. The van der Waals surface area contributed by atoms with E-state index in [0.29, 0.717) is 38.3 Å². The van der Waals surface area contributed by atoms with Crippen molar-refractivity contribution in [2.45, 2.75) is 25.6 Å². The van der Waals surface area contributed by atoms with Gasteiger partial charge in [0, 0.05) is 31.4 Å². The average molecular weight is 364 g/mol. The zero-order chi connectivity index (χ0) is 18.6. The number of aromatic nitrogens is 2. The van der Waals surface area contributed by atoms with Crippen molar-refractivity contribution < 1.29 is 18.0 Å². The maximum Gasteiger partial charge on any atom is 0.417 e. The second-order valence-corrected chi connectivity index (χ2v) is 6.20. The Balaban J connectivity index is 1.50. The van der Waals surface area contributed by atoms with Gasteiger partial charge in [-0.2, -0.15) is 13.2 Å². The monoisotopic (exact) mass is 364 g/mol. The van der Waals surface area contributed by atoms with Gasteiger partial charge in [0.05, 0.1) is 17.8 Å². The number of nitrogens with zero attached hydrogens (tertiary/aromatic N) is 3. The van der Waals surface area contributed by atoms with Crippen LogP contribution in [0.25, 0.3) is 0 Å². The van der Waals surface area contributed by atoms with Crippen LogP contribution in [0.15, 0.2) is 42.7 Å². The summed E-state index contributed by atoms with van der Waals surface area (Å²) in [5, 5.41) is 2.89. The average Bonchev–Trinajstić information content (AvgIpc) is 2.66. The van der Waals surface area contributed by atoms with Gasteiger partial charge in [0.15, 0.2) is 0 Å². The first kappa shape index (κ1) is 18.2. The molecule has 1 amide bonds. The van der Waals surface area contributed by atoms with Crippen LogP contribution in [0.3, 0.4) is 0 Å². The minimum Gasteiger partial charge on any atom is -0.357 e. The van der Waals surface area contributed by atoms with Crippen molar-refractivity contribution in [3.05, 3.63) is 54.0 Å². The molecule has 26 heavy (non-hydrogen) atoms. The van der Waals surface area contributed by atoms with E-state index in [1.54, 1.807) is 6.20 Å². The van der Waals surface area contributed by atoms with Gasteiger partial charge < -0.3 is 10.2 Å². The molecule has 2 aromatic rings. The van der Waals surface area contributed by atoms with Crippen LogP contribution in [0.4, 0.5) is 19.0 Å². The summed E-state index contributed by atoms with van der Waals surface area (Å²) in [7, 11) is 0. The second kappa shape index (κ2) is 7.72. The van der Waals surface area contributed by atoms with Gasteiger partial charge in [-0.3, -0.25) is 9.78 Å². The number of alkyl halides is 3. The van der Waals surface area contributed by atoms with E-state index in [1.807, 2.05) is 23.1 Å². The molecule has 0 bridgehead atoms. The number of nitrogens with one attached hydrogen (secondary N) is 1. The van der Waals surface area contributed by atoms with E-state index in [4.69, 9.17) is 0 Å². The van der Waals surface area contributed by atoms with Gasteiger partial charge in [-0.25, -0.2) is 4.98 Å². The van der Waals surface area contributed by atoms with Crippen molar-refractivity contribution in [3.8, 4) is 0 Å². The van der Waals surface area contributed by atoms with E-state index < -0.39 is 11.7 Å². The molecule has 1 fully saturated rings. The number of hydrogen-bond donors (Lipinski definition) is 1. The topological polar surface area (TPSA) is 58.1 Å². The molecule has 1 N–H and O–H groups in total. The molecule has 5 nitrogen and oxygen atoms in total. The Hall–Kier alpha value is -2.64. The molecule has 8 heteroatoms. The second-order valence-electron chi connectivity index (χ2n) is 6.20. The van der Waals surface area contributed by atoms with Gasteiger partial charge >= 0.3 is 6.18 Å². The maximum atomic E-state index is 12.6. The lowest BCUT2D eigenvalue weighted by molar-refractivity contribution is -0.137. The Morgan fingerprint density at radius 3 is 2.50 bits per heavy atom. The molecule has 0 atom stereocenters. The maximum absolute atomic E-state index is 12.6. The summed E-state index contributed by atoms with van der Waals surface area (Å²) in [5.74, 6) is 0.380. The van der Waals surface area contributed by atoms with Crippen molar-refractivity contribution in [1.29, 1.82) is 0 Å². The summed E-state index contributed by atoms with van der Waals surface area (Å²) in [4.78, 5) is 22.2. The summed E-state index contributed by atoms with van der Waals surface area (Å²) < 4.78 is 37.8. The first-order valence-electron chi connectivity index (χ1n) is 8.39. The van der Waals surface area contributed by atoms with Gasteiger partial charge in [0.2, 0.25) is 5.91 Å². The van der Waals surface area contributed by atoms with Crippen LogP contribution in [-0.4, -0.2) is 29.0 Å². The van der Waals surface area contributed by atoms with E-state index in [9.17, 15) is 18.0 Å². The zero-order valence-corrected chi connectivity index (χ0v) is 14.0. The first-order chi connectivity index (χ1) is 12.4. The first-order valence-corrected chi connectivity index (χ1v) is 8.39. The van der Waals surface area contributed by atoms with Crippen LogP contribution < -0.4 is 10.2 Å². The number of anilines is 1. The van der Waals surface area contributed by atoms with Crippen molar-refractivity contribution in [3.63, 3.8) is 0 Å². The molecule has 1 saturated heterocycles. The summed E-state index contributed by atoms with van der Waals surface area (Å²) in [6.07, 6.45) is -0.588. The fourth-order valence-electron chi connectivity index (χ4n) is 2.94. The van der Waals surface area contributed by atoms with Crippen LogP contribution in [-0.2, 0) is 17.5 Å². The lowest BCUT2D eigenvalue weighted by atomic mass is 9.96. The van der Waals surface area contributed by atoms with Gasteiger partial charge in [0.25, 0.3) is 0 Å². The van der Waals surface area contributed by atoms with Gasteiger partial charge in [-0.15, -0.1) is 0 Å². The molecule has 0 aliphatic carbocycles. The molecule has 1 aliphatic rings. The number of piperidine rings is 1. The third-order valence-electron chi connectivity index (χ3n) is 4.43. The van der Waals surface area contributed by atoms with Crippen molar-refractivity contribution in [1.82, 2.24) is 15.3 Å². The van der Waals surface area contributed by atoms with Crippen LogP contribution in [0, 0.1) is 5.92 Å². The largest absolute Gasteiger partial charge is 0.417 e. The Morgan fingerprint density at radius 2 is 1.92 bits per heavy atom. The number of pyridine rings is 2. The molecule has 3 heterocycles. The Morgan fingerprint density at radius 1 is 1.15 bits per heavy atom. The van der Waals surface area contributed by atoms with Crippen LogP contribution >= 0.6 is 0 Å². The number of carbonyl (C=O) groups excluding carboxylic acids is 1. The van der Waals surface area contributed by atoms with E-state index in [2.05, 4.69) is 15.3 Å². The summed E-state index contributed by atoms with van der Waals surface area (Å²) in [6, 6.07) is 7.94. The van der Waals surface area contributed by atoms with Crippen LogP contribution in [0.2, 0.25) is 0 Å². The molecule has 0 spiro atoms. The molecular formula is C18H19F3N4O. The van der Waals surface area contributed by atoms with E-state index in [0.717, 1.165) is 18.0 Å². The molecule has 0 saturated carbocycles. The Kier molecular flexibility index (Phi) is 5.39. The number of halogens is 3. The number of carbonyl (C=O) groups is 1.